The molecule has 0 radical (unpaired) electrons. The van der Waals surface area contributed by atoms with Gasteiger partial charge in [-0.05, 0) is 50.2 Å². The van der Waals surface area contributed by atoms with E-state index in [2.05, 4.69) is 10.6 Å². The molecule has 2 rings (SSSR count). The number of amides is 3. The van der Waals surface area contributed by atoms with Crippen molar-refractivity contribution in [1.82, 2.24) is 10.8 Å². The molecule has 0 saturated carbocycles. The van der Waals surface area contributed by atoms with Crippen LogP contribution >= 0.6 is 0 Å². The lowest BCUT2D eigenvalue weighted by atomic mass is 9.92. The van der Waals surface area contributed by atoms with Gasteiger partial charge in [-0.15, -0.1) is 0 Å². The smallest absolute Gasteiger partial charge is 0.274 e. The van der Waals surface area contributed by atoms with Crippen molar-refractivity contribution in [3.63, 3.8) is 0 Å². The third kappa shape index (κ3) is 7.17. The number of anilines is 1. The van der Waals surface area contributed by atoms with E-state index in [4.69, 9.17) is 20.4 Å². The summed E-state index contributed by atoms with van der Waals surface area (Å²) >= 11 is 0. The molecule has 0 aromatic heterocycles. The normalized spacial score (nSPS) is 15.2. The summed E-state index contributed by atoms with van der Waals surface area (Å²) in [6, 6.07) is 13.4. The summed E-state index contributed by atoms with van der Waals surface area (Å²) in [6.45, 7) is 3.18. The zero-order valence-corrected chi connectivity index (χ0v) is 19.1. The predicted molar refractivity (Wildman–Crippen MR) is 123 cm³/mol. The van der Waals surface area contributed by atoms with Crippen LogP contribution in [0.3, 0.4) is 0 Å². The first kappa shape index (κ1) is 26.6. The van der Waals surface area contributed by atoms with Gasteiger partial charge < -0.3 is 30.9 Å². The number of ether oxygens (including phenoxy) is 2. The maximum absolute atomic E-state index is 13.0. The zero-order valence-electron chi connectivity index (χ0n) is 19.1. The van der Waals surface area contributed by atoms with Crippen LogP contribution in [0.1, 0.15) is 20.3 Å². The number of rotatable bonds is 12. The fraction of sp³-hybridized carbons (Fsp3) is 0.348. The number of carbonyl (C=O) groups excluding carboxylic acids is 3. The molecular formula is C23H30N4O7. The zero-order chi connectivity index (χ0) is 25.3. The molecule has 0 aliphatic heterocycles. The van der Waals surface area contributed by atoms with E-state index in [9.17, 15) is 19.5 Å². The van der Waals surface area contributed by atoms with Gasteiger partial charge in [-0.2, -0.15) is 0 Å². The molecule has 2 aromatic carbocycles. The molecule has 0 aliphatic rings. The van der Waals surface area contributed by atoms with Gasteiger partial charge in [0.2, 0.25) is 11.8 Å². The van der Waals surface area contributed by atoms with Crippen LogP contribution in [0.25, 0.3) is 0 Å². The van der Waals surface area contributed by atoms with Crippen molar-refractivity contribution in [2.45, 2.75) is 44.1 Å². The van der Waals surface area contributed by atoms with E-state index in [1.807, 2.05) is 18.2 Å². The number of hydrogen-bond acceptors (Lipinski definition) is 8. The summed E-state index contributed by atoms with van der Waals surface area (Å²) in [4.78, 5) is 36.2. The van der Waals surface area contributed by atoms with Crippen molar-refractivity contribution in [2.75, 3.05) is 12.4 Å². The topological polar surface area (TPSA) is 172 Å². The van der Waals surface area contributed by atoms with Gasteiger partial charge in [0.25, 0.3) is 5.91 Å². The average molecular weight is 475 g/mol. The Bertz CT molecular complexity index is 971. The Morgan fingerprint density at radius 3 is 2.15 bits per heavy atom. The van der Waals surface area contributed by atoms with Gasteiger partial charge in [-0.25, -0.2) is 5.48 Å². The molecule has 184 valence electrons. The van der Waals surface area contributed by atoms with E-state index in [1.54, 1.807) is 50.2 Å². The van der Waals surface area contributed by atoms with E-state index in [0.29, 0.717) is 17.2 Å². The number of hydroxylamine groups is 1. The summed E-state index contributed by atoms with van der Waals surface area (Å²) in [7, 11) is 1.37. The molecule has 0 saturated heterocycles. The number of aliphatic hydroxyl groups is 1. The van der Waals surface area contributed by atoms with Crippen LogP contribution in [-0.2, 0) is 19.1 Å². The van der Waals surface area contributed by atoms with E-state index in [0.717, 1.165) is 0 Å². The van der Waals surface area contributed by atoms with Crippen LogP contribution in [0.15, 0.2) is 54.6 Å². The van der Waals surface area contributed by atoms with E-state index < -0.39 is 41.5 Å². The van der Waals surface area contributed by atoms with E-state index >= 15 is 0 Å². The van der Waals surface area contributed by atoms with Crippen molar-refractivity contribution >= 4 is 23.4 Å². The quantitative estimate of drug-likeness (QED) is 0.195. The van der Waals surface area contributed by atoms with Crippen molar-refractivity contribution in [1.29, 1.82) is 0 Å². The number of nitrogens with two attached hydrogens (primary N) is 1. The summed E-state index contributed by atoms with van der Waals surface area (Å²) in [5.74, 6) is -1.42. The summed E-state index contributed by atoms with van der Waals surface area (Å²) < 4.78 is 11.1. The van der Waals surface area contributed by atoms with Gasteiger partial charge in [0, 0.05) is 12.8 Å². The highest BCUT2D eigenvalue weighted by molar-refractivity contribution is 5.93. The van der Waals surface area contributed by atoms with Crippen molar-refractivity contribution < 1.29 is 34.2 Å². The maximum Gasteiger partial charge on any atom is 0.274 e. The first-order valence-electron chi connectivity index (χ1n) is 10.4. The minimum absolute atomic E-state index is 0.175. The summed E-state index contributed by atoms with van der Waals surface area (Å²) in [5, 5.41) is 24.7. The Morgan fingerprint density at radius 1 is 1.03 bits per heavy atom. The molecule has 0 bridgehead atoms. The SMILES string of the molecule is COC(C)(CC(N)=O)C(C)NC(=O)C(Nc1ccc(Oc2ccccc2)cc1)C(O)C(=O)NO. The number of benzene rings is 2. The second kappa shape index (κ2) is 12.0. The minimum atomic E-state index is -1.94. The predicted octanol–water partition coefficient (Wildman–Crippen LogP) is 0.911. The van der Waals surface area contributed by atoms with Gasteiger partial charge in [0.15, 0.2) is 6.10 Å². The van der Waals surface area contributed by atoms with Crippen molar-refractivity contribution in [3.05, 3.63) is 54.6 Å². The van der Waals surface area contributed by atoms with Crippen molar-refractivity contribution in [2.24, 2.45) is 5.73 Å². The molecule has 4 unspecified atom stereocenters. The van der Waals surface area contributed by atoms with Crippen LogP contribution in [0.4, 0.5) is 5.69 Å². The van der Waals surface area contributed by atoms with Gasteiger partial charge in [-0.3, -0.25) is 19.6 Å². The number of nitrogens with one attached hydrogen (secondary N) is 3. The van der Waals surface area contributed by atoms with Crippen LogP contribution < -0.4 is 26.6 Å². The van der Waals surface area contributed by atoms with E-state index in [1.165, 1.54) is 12.6 Å². The molecule has 4 atom stereocenters. The molecule has 3 amide bonds. The number of primary amides is 1. The minimum Gasteiger partial charge on any atom is -0.457 e. The molecule has 2 aromatic rings. The van der Waals surface area contributed by atoms with Gasteiger partial charge in [0.1, 0.15) is 17.5 Å². The van der Waals surface area contributed by atoms with Crippen LogP contribution in [-0.4, -0.2) is 58.9 Å². The maximum atomic E-state index is 13.0. The van der Waals surface area contributed by atoms with Gasteiger partial charge in [0.05, 0.1) is 18.1 Å². The first-order chi connectivity index (χ1) is 16.1. The van der Waals surface area contributed by atoms with Crippen molar-refractivity contribution in [3.8, 4) is 11.5 Å². The van der Waals surface area contributed by atoms with Gasteiger partial charge in [-0.1, -0.05) is 18.2 Å². The lowest BCUT2D eigenvalue weighted by Crippen LogP contribution is -2.58. The molecule has 0 aliphatic carbocycles. The standard InChI is InChI=1S/C23H30N4O7/c1-14(23(2,33-3)13-18(24)28)25-21(30)19(20(29)22(31)27-32)26-15-9-11-17(12-10-15)34-16-7-5-4-6-8-16/h4-12,14,19-20,26,29,32H,13H2,1-3H3,(H2,24,28)(H,25,30)(H,27,31). The molecular weight excluding hydrogens is 444 g/mol. The highest BCUT2D eigenvalue weighted by Gasteiger charge is 2.38. The Kier molecular flexibility index (Phi) is 9.36. The van der Waals surface area contributed by atoms with Crippen LogP contribution in [0.5, 0.6) is 11.5 Å². The molecule has 0 heterocycles. The van der Waals surface area contributed by atoms with Crippen LogP contribution in [0.2, 0.25) is 0 Å². The first-order valence-corrected chi connectivity index (χ1v) is 10.4. The summed E-state index contributed by atoms with van der Waals surface area (Å²) in [6.07, 6.45) is -2.12. The third-order valence-corrected chi connectivity index (χ3v) is 5.40. The average Bonchev–Trinajstić information content (AvgIpc) is 2.82. The second-order valence-electron chi connectivity index (χ2n) is 7.87. The summed E-state index contributed by atoms with van der Waals surface area (Å²) in [5.41, 5.74) is 5.87. The number of carbonyl (C=O) groups is 3. The van der Waals surface area contributed by atoms with E-state index in [-0.39, 0.29) is 6.42 Å². The third-order valence-electron chi connectivity index (χ3n) is 5.40. The molecule has 11 nitrogen and oxygen atoms in total. The molecule has 0 fully saturated rings. The number of hydrogen-bond donors (Lipinski definition) is 6. The Labute approximate surface area is 197 Å². The molecule has 0 spiro atoms. The number of para-hydroxylation sites is 1. The van der Waals surface area contributed by atoms with Crippen LogP contribution in [0, 0.1) is 0 Å². The number of methoxy groups -OCH3 is 1. The Balaban J connectivity index is 2.18. The fourth-order valence-corrected chi connectivity index (χ4v) is 3.13. The largest absolute Gasteiger partial charge is 0.457 e. The number of aliphatic hydroxyl groups excluding tert-OH is 1. The fourth-order valence-electron chi connectivity index (χ4n) is 3.13. The van der Waals surface area contributed by atoms with Gasteiger partial charge >= 0.3 is 0 Å². The molecule has 11 heteroatoms. The molecule has 34 heavy (non-hydrogen) atoms. The molecule has 7 N–H and O–H groups in total. The monoisotopic (exact) mass is 474 g/mol. The highest BCUT2D eigenvalue weighted by atomic mass is 16.5. The Hall–Kier alpha value is -3.67. The highest BCUT2D eigenvalue weighted by Crippen LogP contribution is 2.24. The lowest BCUT2D eigenvalue weighted by molar-refractivity contribution is -0.143. The Morgan fingerprint density at radius 2 is 1.62 bits per heavy atom. The lowest BCUT2D eigenvalue weighted by Gasteiger charge is -2.35. The second-order valence-corrected chi connectivity index (χ2v) is 7.87.